The summed E-state index contributed by atoms with van der Waals surface area (Å²) in [5, 5.41) is 5.85. The molecule has 4 aromatic rings. The molecule has 1 aliphatic rings. The molecule has 0 aliphatic carbocycles. The summed E-state index contributed by atoms with van der Waals surface area (Å²) in [7, 11) is 5.56. The van der Waals surface area contributed by atoms with E-state index in [1.54, 1.807) is 58.6 Å². The van der Waals surface area contributed by atoms with E-state index in [0.717, 1.165) is 28.8 Å². The number of fused-ring (bicyclic) bond motifs is 2. The summed E-state index contributed by atoms with van der Waals surface area (Å²) in [5.41, 5.74) is 1.98. The highest BCUT2D eigenvalue weighted by atomic mass is 19.1. The van der Waals surface area contributed by atoms with E-state index in [4.69, 9.17) is 19.2 Å². The van der Waals surface area contributed by atoms with E-state index in [0.29, 0.717) is 48.0 Å². The number of carbonyl (C=O) groups is 1. The third kappa shape index (κ3) is 5.95. The number of halogens is 1. The first kappa shape index (κ1) is 28.3. The number of ether oxygens (including phenoxy) is 3. The Labute approximate surface area is 238 Å². The van der Waals surface area contributed by atoms with Crippen molar-refractivity contribution in [2.24, 2.45) is 0 Å². The number of benzene rings is 1. The number of nitrogens with zero attached hydrogens (tertiary/aromatic N) is 6. The summed E-state index contributed by atoms with van der Waals surface area (Å²) in [5.74, 6) is 0.899. The van der Waals surface area contributed by atoms with Crippen LogP contribution in [0.1, 0.15) is 31.9 Å². The van der Waals surface area contributed by atoms with Crippen molar-refractivity contribution in [2.75, 3.05) is 39.3 Å². The standard InChI is InChI=1S/C30H35FN6O4/c1-30(2,3)41-29(38)36(18-23-19-10-14-40-26(19)8-7-24(23)31)28-22-17-32-27(39-6)15-20(22)21(16-33-28)25-9-11-34-37(25)13-12-35(4)5/h7-9,11,15-17H,10,12-14,18H2,1-6H3. The lowest BCUT2D eigenvalue weighted by molar-refractivity contribution is 0.0576. The number of methoxy groups -OCH3 is 1. The van der Waals surface area contributed by atoms with Gasteiger partial charge in [0.25, 0.3) is 0 Å². The lowest BCUT2D eigenvalue weighted by Crippen LogP contribution is -2.37. The number of hydrogen-bond donors (Lipinski definition) is 0. The molecular weight excluding hydrogens is 527 g/mol. The van der Waals surface area contributed by atoms with E-state index in [1.165, 1.54) is 11.0 Å². The smallest absolute Gasteiger partial charge is 0.416 e. The summed E-state index contributed by atoms with van der Waals surface area (Å²) in [6.45, 7) is 7.19. The summed E-state index contributed by atoms with van der Waals surface area (Å²) >= 11 is 0. The molecule has 0 saturated heterocycles. The van der Waals surface area contributed by atoms with Gasteiger partial charge in [0.2, 0.25) is 5.88 Å². The zero-order valence-electron chi connectivity index (χ0n) is 24.3. The SMILES string of the molecule is COc1cc2c(-c3ccnn3CCN(C)C)cnc(N(Cc3c(F)ccc4c3CCO4)C(=O)OC(C)(C)C)c2cn1. The summed E-state index contributed by atoms with van der Waals surface area (Å²) in [4.78, 5) is 26.3. The lowest BCUT2D eigenvalue weighted by atomic mass is 10.0. The van der Waals surface area contributed by atoms with Gasteiger partial charge in [-0.2, -0.15) is 5.10 Å². The molecule has 0 unspecified atom stereocenters. The highest BCUT2D eigenvalue weighted by Gasteiger charge is 2.30. The second-order valence-electron chi connectivity index (χ2n) is 11.2. The Morgan fingerprint density at radius 3 is 2.68 bits per heavy atom. The maximum atomic E-state index is 15.3. The number of aromatic nitrogens is 4. The number of likely N-dealkylation sites (N-methyl/N-ethyl adjacent to an activating group) is 1. The highest BCUT2D eigenvalue weighted by Crippen LogP contribution is 2.37. The fourth-order valence-corrected chi connectivity index (χ4v) is 4.85. The predicted molar refractivity (Wildman–Crippen MR) is 154 cm³/mol. The van der Waals surface area contributed by atoms with Crippen LogP contribution in [0.3, 0.4) is 0 Å². The van der Waals surface area contributed by atoms with Gasteiger partial charge >= 0.3 is 6.09 Å². The van der Waals surface area contributed by atoms with Crippen molar-refractivity contribution in [3.63, 3.8) is 0 Å². The lowest BCUT2D eigenvalue weighted by Gasteiger charge is -2.28. The van der Waals surface area contributed by atoms with Crippen molar-refractivity contribution in [3.05, 3.63) is 59.8 Å². The zero-order chi connectivity index (χ0) is 29.3. The molecular formula is C30H35FN6O4. The van der Waals surface area contributed by atoms with Gasteiger partial charge in [0.1, 0.15) is 23.0 Å². The second kappa shape index (κ2) is 11.3. The molecule has 5 rings (SSSR count). The molecule has 4 heterocycles. The molecule has 0 bridgehead atoms. The number of amides is 1. The number of carbonyl (C=O) groups excluding carboxylic acids is 1. The van der Waals surface area contributed by atoms with Crippen molar-refractivity contribution < 1.29 is 23.4 Å². The van der Waals surface area contributed by atoms with E-state index in [1.807, 2.05) is 24.8 Å². The average Bonchev–Trinajstić information content (AvgIpc) is 3.59. The van der Waals surface area contributed by atoms with Crippen molar-refractivity contribution >= 4 is 22.7 Å². The van der Waals surface area contributed by atoms with Gasteiger partial charge in [0, 0.05) is 65.1 Å². The second-order valence-corrected chi connectivity index (χ2v) is 11.2. The molecule has 0 radical (unpaired) electrons. The maximum absolute atomic E-state index is 15.3. The van der Waals surface area contributed by atoms with Crippen molar-refractivity contribution in [1.82, 2.24) is 24.6 Å². The molecule has 3 aromatic heterocycles. The van der Waals surface area contributed by atoms with E-state index < -0.39 is 17.5 Å². The van der Waals surface area contributed by atoms with Crippen LogP contribution in [0.25, 0.3) is 22.0 Å². The Morgan fingerprint density at radius 1 is 1.15 bits per heavy atom. The van der Waals surface area contributed by atoms with Crippen LogP contribution in [0.2, 0.25) is 0 Å². The van der Waals surface area contributed by atoms with Gasteiger partial charge in [0.05, 0.1) is 32.5 Å². The fraction of sp³-hybridized carbons (Fsp3) is 0.400. The molecule has 10 nitrogen and oxygen atoms in total. The van der Waals surface area contributed by atoms with E-state index >= 15 is 4.39 Å². The van der Waals surface area contributed by atoms with Crippen LogP contribution in [0.5, 0.6) is 11.6 Å². The topological polar surface area (TPSA) is 94.8 Å². The zero-order valence-corrected chi connectivity index (χ0v) is 24.3. The van der Waals surface area contributed by atoms with Crippen molar-refractivity contribution in [2.45, 2.75) is 45.9 Å². The Hall–Kier alpha value is -4.25. The highest BCUT2D eigenvalue weighted by molar-refractivity contribution is 6.05. The van der Waals surface area contributed by atoms with Crippen molar-refractivity contribution in [3.8, 4) is 22.9 Å². The minimum Gasteiger partial charge on any atom is -0.493 e. The van der Waals surface area contributed by atoms with Crippen LogP contribution in [0, 0.1) is 5.82 Å². The van der Waals surface area contributed by atoms with Gasteiger partial charge < -0.3 is 19.1 Å². The molecule has 216 valence electrons. The van der Waals surface area contributed by atoms with Crippen LogP contribution in [0.4, 0.5) is 15.0 Å². The first-order chi connectivity index (χ1) is 19.6. The van der Waals surface area contributed by atoms with E-state index in [-0.39, 0.29) is 6.54 Å². The Balaban J connectivity index is 1.67. The van der Waals surface area contributed by atoms with Crippen LogP contribution < -0.4 is 14.4 Å². The van der Waals surface area contributed by atoms with E-state index in [9.17, 15) is 4.79 Å². The van der Waals surface area contributed by atoms with Gasteiger partial charge in [-0.3, -0.25) is 9.58 Å². The first-order valence-corrected chi connectivity index (χ1v) is 13.5. The average molecular weight is 563 g/mol. The van der Waals surface area contributed by atoms with E-state index in [2.05, 4.69) is 15.0 Å². The van der Waals surface area contributed by atoms with Gasteiger partial charge in [-0.15, -0.1) is 0 Å². The molecule has 0 N–H and O–H groups in total. The number of hydrogen-bond acceptors (Lipinski definition) is 8. The molecule has 0 saturated carbocycles. The number of rotatable bonds is 8. The fourth-order valence-electron chi connectivity index (χ4n) is 4.85. The van der Waals surface area contributed by atoms with Crippen LogP contribution >= 0.6 is 0 Å². The molecule has 1 aliphatic heterocycles. The first-order valence-electron chi connectivity index (χ1n) is 13.5. The maximum Gasteiger partial charge on any atom is 0.416 e. The minimum atomic E-state index is -0.786. The third-order valence-electron chi connectivity index (χ3n) is 6.81. The normalized spacial score (nSPS) is 12.9. The molecule has 0 fully saturated rings. The third-order valence-corrected chi connectivity index (χ3v) is 6.81. The molecule has 41 heavy (non-hydrogen) atoms. The Kier molecular flexibility index (Phi) is 7.81. The number of anilines is 1. The Morgan fingerprint density at radius 2 is 1.95 bits per heavy atom. The van der Waals surface area contributed by atoms with Gasteiger partial charge in [-0.05, 0) is 53.1 Å². The summed E-state index contributed by atoms with van der Waals surface area (Å²) < 4.78 is 34.1. The summed E-state index contributed by atoms with van der Waals surface area (Å²) in [6, 6.07) is 6.72. The van der Waals surface area contributed by atoms with Gasteiger partial charge in [-0.25, -0.2) is 19.2 Å². The Bertz CT molecular complexity index is 1580. The minimum absolute atomic E-state index is 0.0957. The monoisotopic (exact) mass is 562 g/mol. The molecule has 1 aromatic carbocycles. The van der Waals surface area contributed by atoms with Crippen molar-refractivity contribution in [1.29, 1.82) is 0 Å². The van der Waals surface area contributed by atoms with Gasteiger partial charge in [0.15, 0.2) is 0 Å². The van der Waals surface area contributed by atoms with Crippen LogP contribution in [-0.4, -0.2) is 70.7 Å². The molecule has 1 amide bonds. The molecule has 0 spiro atoms. The summed E-state index contributed by atoms with van der Waals surface area (Å²) in [6.07, 6.45) is 4.96. The molecule has 0 atom stereocenters. The number of pyridine rings is 2. The van der Waals surface area contributed by atoms with Gasteiger partial charge in [-0.1, -0.05) is 0 Å². The van der Waals surface area contributed by atoms with Crippen LogP contribution in [0.15, 0.2) is 42.9 Å². The van der Waals surface area contributed by atoms with Crippen LogP contribution in [-0.2, 0) is 24.2 Å². The molecule has 11 heteroatoms. The largest absolute Gasteiger partial charge is 0.493 e. The quantitative estimate of drug-likeness (QED) is 0.294. The predicted octanol–water partition coefficient (Wildman–Crippen LogP) is 5.08.